The molecular weight excluding hydrogens is 282 g/mol. The van der Waals surface area contributed by atoms with Gasteiger partial charge < -0.3 is 15.8 Å². The van der Waals surface area contributed by atoms with Crippen molar-refractivity contribution in [1.82, 2.24) is 4.37 Å². The summed E-state index contributed by atoms with van der Waals surface area (Å²) in [7, 11) is 0. The number of nitrogen functional groups attached to an aromatic ring is 1. The molecule has 0 amide bonds. The first kappa shape index (κ1) is 15.8. The third kappa shape index (κ3) is 4.72. The third-order valence-electron chi connectivity index (χ3n) is 2.98. The minimum absolute atomic E-state index is 0.587. The normalized spacial score (nSPS) is 11.0. The summed E-state index contributed by atoms with van der Waals surface area (Å²) in [5.41, 5.74) is 8.10. The van der Waals surface area contributed by atoms with E-state index in [0.717, 1.165) is 42.3 Å². The van der Waals surface area contributed by atoms with Crippen LogP contribution in [-0.2, 0) is 4.74 Å². The maximum Gasteiger partial charge on any atom is 0.147 e. The quantitative estimate of drug-likeness (QED) is 0.727. The molecule has 0 aliphatic carbocycles. The average Bonchev–Trinajstić information content (AvgIpc) is 2.84. The number of nitrogens with two attached hydrogens (primary N) is 1. The van der Waals surface area contributed by atoms with E-state index in [4.69, 9.17) is 10.5 Å². The Labute approximate surface area is 130 Å². The fraction of sp³-hybridized carbons (Fsp3) is 0.438. The van der Waals surface area contributed by atoms with Gasteiger partial charge in [-0.3, -0.25) is 0 Å². The monoisotopic (exact) mass is 305 g/mol. The lowest BCUT2D eigenvalue weighted by Gasteiger charge is -2.09. The number of ether oxygens (including phenoxy) is 1. The van der Waals surface area contributed by atoms with Gasteiger partial charge in [0.25, 0.3) is 0 Å². The van der Waals surface area contributed by atoms with Crippen molar-refractivity contribution in [1.29, 1.82) is 0 Å². The van der Waals surface area contributed by atoms with Crippen LogP contribution in [0.5, 0.6) is 0 Å². The van der Waals surface area contributed by atoms with E-state index in [2.05, 4.69) is 35.7 Å². The lowest BCUT2D eigenvalue weighted by molar-refractivity contribution is 0.110. The summed E-state index contributed by atoms with van der Waals surface area (Å²) >= 11 is 1.41. The van der Waals surface area contributed by atoms with Crippen molar-refractivity contribution >= 4 is 22.4 Å². The molecule has 114 valence electrons. The number of hydrogen-bond donors (Lipinski definition) is 2. The Morgan fingerprint density at radius 2 is 2.05 bits per heavy atom. The summed E-state index contributed by atoms with van der Waals surface area (Å²) in [6.45, 7) is 6.78. The highest BCUT2D eigenvalue weighted by Gasteiger charge is 2.12. The molecule has 0 atom stereocenters. The van der Waals surface area contributed by atoms with Crippen LogP contribution in [0.15, 0.2) is 30.3 Å². The zero-order chi connectivity index (χ0) is 15.1. The molecule has 0 aliphatic rings. The zero-order valence-corrected chi connectivity index (χ0v) is 13.5. The van der Waals surface area contributed by atoms with Crippen LogP contribution in [0.4, 0.5) is 10.8 Å². The lowest BCUT2D eigenvalue weighted by Crippen LogP contribution is -2.08. The van der Waals surface area contributed by atoms with Crippen LogP contribution < -0.4 is 11.1 Å². The van der Waals surface area contributed by atoms with Crippen LogP contribution >= 0.6 is 11.5 Å². The summed E-state index contributed by atoms with van der Waals surface area (Å²) in [4.78, 5) is 0. The summed E-state index contributed by atoms with van der Waals surface area (Å²) in [5.74, 6) is 1.17. The van der Waals surface area contributed by atoms with Gasteiger partial charge in [0.05, 0.1) is 5.56 Å². The van der Waals surface area contributed by atoms with E-state index in [1.165, 1.54) is 11.5 Å². The number of aromatic nitrogens is 1. The predicted octanol–water partition coefficient (Wildman–Crippen LogP) is 3.87. The van der Waals surface area contributed by atoms with Gasteiger partial charge in [0.1, 0.15) is 10.8 Å². The topological polar surface area (TPSA) is 60.2 Å². The number of nitrogens with zero attached hydrogens (tertiary/aromatic N) is 1. The molecule has 0 aliphatic heterocycles. The number of benzene rings is 1. The molecule has 3 N–H and O–H groups in total. The van der Waals surface area contributed by atoms with Gasteiger partial charge in [-0.25, -0.2) is 0 Å². The molecule has 1 heterocycles. The molecule has 0 spiro atoms. The van der Waals surface area contributed by atoms with E-state index in [1.54, 1.807) is 0 Å². The van der Waals surface area contributed by atoms with Crippen molar-refractivity contribution in [2.45, 2.75) is 20.3 Å². The van der Waals surface area contributed by atoms with Crippen molar-refractivity contribution in [2.24, 2.45) is 5.92 Å². The highest BCUT2D eigenvalue weighted by molar-refractivity contribution is 7.11. The molecule has 0 unspecified atom stereocenters. The maximum absolute atomic E-state index is 5.99. The van der Waals surface area contributed by atoms with Crippen LogP contribution in [0, 0.1) is 5.92 Å². The third-order valence-corrected chi connectivity index (χ3v) is 3.80. The van der Waals surface area contributed by atoms with Crippen LogP contribution in [0.2, 0.25) is 0 Å². The van der Waals surface area contributed by atoms with Crippen molar-refractivity contribution < 1.29 is 4.74 Å². The molecule has 0 fully saturated rings. The Morgan fingerprint density at radius 3 is 2.76 bits per heavy atom. The van der Waals surface area contributed by atoms with E-state index in [1.807, 2.05) is 18.2 Å². The molecular formula is C16H23N3OS. The Bertz CT molecular complexity index is 540. The second kappa shape index (κ2) is 8.00. The molecule has 1 aromatic heterocycles. The smallest absolute Gasteiger partial charge is 0.147 e. The highest BCUT2D eigenvalue weighted by atomic mass is 32.1. The van der Waals surface area contributed by atoms with Crippen LogP contribution in [0.3, 0.4) is 0 Å². The van der Waals surface area contributed by atoms with Gasteiger partial charge in [0.2, 0.25) is 0 Å². The number of rotatable bonds is 8. The van der Waals surface area contributed by atoms with Crippen LogP contribution in [0.1, 0.15) is 20.3 Å². The predicted molar refractivity (Wildman–Crippen MR) is 90.7 cm³/mol. The molecule has 0 bridgehead atoms. The summed E-state index contributed by atoms with van der Waals surface area (Å²) in [6, 6.07) is 10.1. The Hall–Kier alpha value is -1.59. The minimum Gasteiger partial charge on any atom is -0.382 e. The summed E-state index contributed by atoms with van der Waals surface area (Å²) < 4.78 is 9.83. The van der Waals surface area contributed by atoms with Crippen molar-refractivity contribution in [2.75, 3.05) is 30.8 Å². The second-order valence-electron chi connectivity index (χ2n) is 5.39. The van der Waals surface area contributed by atoms with Gasteiger partial charge in [-0.2, -0.15) is 4.37 Å². The molecule has 0 saturated heterocycles. The molecule has 5 heteroatoms. The van der Waals surface area contributed by atoms with Gasteiger partial charge in [0.15, 0.2) is 0 Å². The van der Waals surface area contributed by atoms with E-state index in [-0.39, 0.29) is 0 Å². The van der Waals surface area contributed by atoms with Crippen molar-refractivity contribution in [3.63, 3.8) is 0 Å². The fourth-order valence-electron chi connectivity index (χ4n) is 2.00. The summed E-state index contributed by atoms with van der Waals surface area (Å²) in [5, 5.41) is 4.45. The first-order valence-electron chi connectivity index (χ1n) is 7.30. The summed E-state index contributed by atoms with van der Waals surface area (Å²) in [6.07, 6.45) is 0.971. The molecule has 4 nitrogen and oxygen atoms in total. The Kier molecular flexibility index (Phi) is 6.02. The lowest BCUT2D eigenvalue weighted by atomic mass is 10.1. The second-order valence-corrected chi connectivity index (χ2v) is 6.16. The highest BCUT2D eigenvalue weighted by Crippen LogP contribution is 2.36. The SMILES string of the molecule is CC(C)COCCCNc1snc(N)c1-c1ccccc1. The van der Waals surface area contributed by atoms with Gasteiger partial charge in [0, 0.05) is 19.8 Å². The molecule has 21 heavy (non-hydrogen) atoms. The van der Waals surface area contributed by atoms with Crippen LogP contribution in [-0.4, -0.2) is 24.1 Å². The number of hydrogen-bond acceptors (Lipinski definition) is 5. The average molecular weight is 305 g/mol. The van der Waals surface area contributed by atoms with E-state index in [9.17, 15) is 0 Å². The van der Waals surface area contributed by atoms with Crippen molar-refractivity contribution in [3.05, 3.63) is 30.3 Å². The van der Waals surface area contributed by atoms with Crippen molar-refractivity contribution in [3.8, 4) is 11.1 Å². The number of anilines is 2. The molecule has 0 saturated carbocycles. The molecule has 2 rings (SSSR count). The maximum atomic E-state index is 5.99. The molecule has 0 radical (unpaired) electrons. The van der Waals surface area contributed by atoms with E-state index < -0.39 is 0 Å². The van der Waals surface area contributed by atoms with Crippen LogP contribution in [0.25, 0.3) is 11.1 Å². The standard InChI is InChI=1S/C16H23N3OS/c1-12(2)11-20-10-6-9-18-16-14(15(17)19-21-16)13-7-4-3-5-8-13/h3-5,7-8,12,18H,6,9-11H2,1-2H3,(H2,17,19). The zero-order valence-electron chi connectivity index (χ0n) is 12.6. The Balaban J connectivity index is 1.87. The number of nitrogens with one attached hydrogen (secondary N) is 1. The minimum atomic E-state index is 0.587. The molecule has 2 aromatic rings. The van der Waals surface area contributed by atoms with E-state index >= 15 is 0 Å². The van der Waals surface area contributed by atoms with Gasteiger partial charge >= 0.3 is 0 Å². The van der Waals surface area contributed by atoms with E-state index in [0.29, 0.717) is 11.7 Å². The van der Waals surface area contributed by atoms with Gasteiger partial charge in [-0.05, 0) is 29.4 Å². The fourth-order valence-corrected chi connectivity index (χ4v) is 2.76. The first-order valence-corrected chi connectivity index (χ1v) is 8.08. The van der Waals surface area contributed by atoms with Gasteiger partial charge in [-0.15, -0.1) is 0 Å². The Morgan fingerprint density at radius 1 is 1.29 bits per heavy atom. The first-order chi connectivity index (χ1) is 10.2. The largest absolute Gasteiger partial charge is 0.382 e. The van der Waals surface area contributed by atoms with Gasteiger partial charge in [-0.1, -0.05) is 44.2 Å². The molecule has 1 aromatic carbocycles.